The van der Waals surface area contributed by atoms with E-state index >= 15 is 0 Å². The van der Waals surface area contributed by atoms with Crippen LogP contribution < -0.4 is 15.5 Å². The predicted molar refractivity (Wildman–Crippen MR) is 118 cm³/mol. The van der Waals surface area contributed by atoms with Crippen molar-refractivity contribution in [2.24, 2.45) is 5.92 Å². The first-order chi connectivity index (χ1) is 13.8. The number of hydrogen-bond donors (Lipinski definition) is 1. The van der Waals surface area contributed by atoms with Gasteiger partial charge in [-0.3, -0.25) is 9.59 Å². The summed E-state index contributed by atoms with van der Waals surface area (Å²) in [5, 5.41) is 7.36. The van der Waals surface area contributed by atoms with Gasteiger partial charge >= 0.3 is 0 Å². The lowest BCUT2D eigenvalue weighted by molar-refractivity contribution is -0.118. The summed E-state index contributed by atoms with van der Waals surface area (Å²) in [4.78, 5) is 25.7. The van der Waals surface area contributed by atoms with Crippen molar-refractivity contribution in [1.29, 1.82) is 0 Å². The summed E-state index contributed by atoms with van der Waals surface area (Å²) in [6, 6.07) is 14.7. The second kappa shape index (κ2) is 8.61. The summed E-state index contributed by atoms with van der Waals surface area (Å²) in [6.07, 6.45) is 0. The number of rotatable bonds is 5. The zero-order valence-corrected chi connectivity index (χ0v) is 18.3. The molecule has 0 radical (unpaired) electrons. The fourth-order valence-corrected chi connectivity index (χ4v) is 3.15. The van der Waals surface area contributed by atoms with E-state index in [1.165, 1.54) is 0 Å². The number of benzene rings is 2. The van der Waals surface area contributed by atoms with Crippen molar-refractivity contribution in [1.82, 2.24) is 9.78 Å². The molecule has 0 aliphatic heterocycles. The smallest absolute Gasteiger partial charge is 0.228 e. The third-order valence-corrected chi connectivity index (χ3v) is 5.00. The fourth-order valence-electron chi connectivity index (χ4n) is 2.89. The molecule has 1 aromatic heterocycles. The predicted octanol–water partition coefficient (Wildman–Crippen LogP) is 4.57. The van der Waals surface area contributed by atoms with Crippen molar-refractivity contribution in [3.05, 3.63) is 68.9 Å². The van der Waals surface area contributed by atoms with Crippen LogP contribution >= 0.6 is 15.9 Å². The molecule has 3 rings (SSSR count). The molecule has 2 aromatic carbocycles. The van der Waals surface area contributed by atoms with E-state index in [4.69, 9.17) is 4.74 Å². The van der Waals surface area contributed by atoms with Crippen LogP contribution in [0.4, 0.5) is 5.82 Å². The van der Waals surface area contributed by atoms with Crippen molar-refractivity contribution < 1.29 is 9.53 Å². The SMILES string of the molecule is COc1ccccc1-c1c(NC(=O)C(C)C)n(-c2ccc(Br)cc2)nc(C)c1=O. The number of ether oxygens (including phenoxy) is 1. The number of carbonyl (C=O) groups is 1. The quantitative estimate of drug-likeness (QED) is 0.611. The first kappa shape index (κ1) is 20.8. The van der Waals surface area contributed by atoms with Crippen molar-refractivity contribution in [3.8, 4) is 22.6 Å². The second-order valence-electron chi connectivity index (χ2n) is 6.87. The topological polar surface area (TPSA) is 73.2 Å². The summed E-state index contributed by atoms with van der Waals surface area (Å²) in [7, 11) is 1.55. The Bertz CT molecular complexity index is 1110. The van der Waals surface area contributed by atoms with Gasteiger partial charge in [-0.05, 0) is 37.3 Å². The number of nitrogens with zero attached hydrogens (tertiary/aromatic N) is 2. The maximum atomic E-state index is 13.2. The normalized spacial score (nSPS) is 10.8. The molecule has 0 aliphatic rings. The Morgan fingerprint density at radius 3 is 2.41 bits per heavy atom. The number of aryl methyl sites for hydroxylation is 1. The molecule has 29 heavy (non-hydrogen) atoms. The molecular formula is C22H22BrN3O3. The lowest BCUT2D eigenvalue weighted by atomic mass is 10.0. The Hall–Kier alpha value is -2.93. The molecular weight excluding hydrogens is 434 g/mol. The van der Waals surface area contributed by atoms with Gasteiger partial charge < -0.3 is 10.1 Å². The average Bonchev–Trinajstić information content (AvgIpc) is 2.71. The highest BCUT2D eigenvalue weighted by Gasteiger charge is 2.23. The van der Waals surface area contributed by atoms with Crippen LogP contribution in [-0.2, 0) is 4.79 Å². The third-order valence-electron chi connectivity index (χ3n) is 4.47. The standard InChI is InChI=1S/C22H22BrN3O3/c1-13(2)22(28)24-21-19(17-7-5-6-8-18(17)29-4)20(27)14(3)25-26(21)16-11-9-15(23)10-12-16/h5-13H,1-4H3,(H,24,28). The molecule has 1 N–H and O–H groups in total. The summed E-state index contributed by atoms with van der Waals surface area (Å²) in [6.45, 7) is 5.24. The molecule has 7 heteroatoms. The number of hydrogen-bond acceptors (Lipinski definition) is 4. The fraction of sp³-hybridized carbons (Fsp3) is 0.227. The van der Waals surface area contributed by atoms with Crippen LogP contribution in [0.25, 0.3) is 16.8 Å². The molecule has 1 heterocycles. The highest BCUT2D eigenvalue weighted by Crippen LogP contribution is 2.34. The number of carbonyl (C=O) groups excluding carboxylic acids is 1. The molecule has 0 unspecified atom stereocenters. The van der Waals surface area contributed by atoms with Gasteiger partial charge in [-0.15, -0.1) is 0 Å². The van der Waals surface area contributed by atoms with Crippen molar-refractivity contribution >= 4 is 27.7 Å². The highest BCUT2D eigenvalue weighted by molar-refractivity contribution is 9.10. The molecule has 0 saturated carbocycles. The van der Waals surface area contributed by atoms with Gasteiger partial charge in [-0.25, -0.2) is 4.68 Å². The minimum atomic E-state index is -0.268. The van der Waals surface area contributed by atoms with Gasteiger partial charge in [0.15, 0.2) is 0 Å². The van der Waals surface area contributed by atoms with Crippen molar-refractivity contribution in [2.75, 3.05) is 12.4 Å². The van der Waals surface area contributed by atoms with E-state index in [9.17, 15) is 9.59 Å². The number of methoxy groups -OCH3 is 1. The molecule has 0 spiro atoms. The zero-order chi connectivity index (χ0) is 21.1. The maximum absolute atomic E-state index is 13.2. The Morgan fingerprint density at radius 2 is 1.79 bits per heavy atom. The van der Waals surface area contributed by atoms with Crippen molar-refractivity contribution in [3.63, 3.8) is 0 Å². The molecule has 150 valence electrons. The van der Waals surface area contributed by atoms with Crippen LogP contribution in [0.2, 0.25) is 0 Å². The first-order valence-electron chi connectivity index (χ1n) is 9.17. The van der Waals surface area contributed by atoms with Gasteiger partial charge in [-0.1, -0.05) is 48.0 Å². The molecule has 0 atom stereocenters. The van der Waals surface area contributed by atoms with Gasteiger partial charge in [0.05, 0.1) is 18.4 Å². The number of halogens is 1. The van der Waals surface area contributed by atoms with E-state index in [0.29, 0.717) is 34.1 Å². The van der Waals surface area contributed by atoms with E-state index in [1.54, 1.807) is 44.7 Å². The van der Waals surface area contributed by atoms with Crippen LogP contribution in [0.15, 0.2) is 57.8 Å². The molecule has 0 fully saturated rings. The molecule has 6 nitrogen and oxygen atoms in total. The molecule has 0 saturated heterocycles. The number of aromatic nitrogens is 2. The molecule has 0 bridgehead atoms. The van der Waals surface area contributed by atoms with Gasteiger partial charge in [0.25, 0.3) is 0 Å². The lowest BCUT2D eigenvalue weighted by Gasteiger charge is -2.20. The Labute approximate surface area is 177 Å². The van der Waals surface area contributed by atoms with Gasteiger partial charge in [0.1, 0.15) is 17.3 Å². The number of amides is 1. The van der Waals surface area contributed by atoms with Gasteiger partial charge in [0.2, 0.25) is 11.3 Å². The van der Waals surface area contributed by atoms with Crippen LogP contribution in [0, 0.1) is 12.8 Å². The zero-order valence-electron chi connectivity index (χ0n) is 16.7. The highest BCUT2D eigenvalue weighted by atomic mass is 79.9. The maximum Gasteiger partial charge on any atom is 0.228 e. The molecule has 0 aliphatic carbocycles. The van der Waals surface area contributed by atoms with E-state index in [1.807, 2.05) is 36.4 Å². The van der Waals surface area contributed by atoms with Crippen LogP contribution in [0.3, 0.4) is 0 Å². The lowest BCUT2D eigenvalue weighted by Crippen LogP contribution is -2.27. The third kappa shape index (κ3) is 4.24. The monoisotopic (exact) mass is 455 g/mol. The number of para-hydroxylation sites is 1. The largest absolute Gasteiger partial charge is 0.496 e. The van der Waals surface area contributed by atoms with E-state index < -0.39 is 0 Å². The minimum Gasteiger partial charge on any atom is -0.496 e. The van der Waals surface area contributed by atoms with Crippen LogP contribution in [-0.4, -0.2) is 22.8 Å². The number of anilines is 1. The van der Waals surface area contributed by atoms with E-state index in [-0.39, 0.29) is 17.3 Å². The number of nitrogens with one attached hydrogen (secondary N) is 1. The second-order valence-corrected chi connectivity index (χ2v) is 7.79. The summed E-state index contributed by atoms with van der Waals surface area (Å²) in [5.41, 5.74) is 1.70. The minimum absolute atomic E-state index is 0.211. The molecule has 3 aromatic rings. The van der Waals surface area contributed by atoms with Crippen molar-refractivity contribution in [2.45, 2.75) is 20.8 Å². The van der Waals surface area contributed by atoms with E-state index in [0.717, 1.165) is 4.47 Å². The van der Waals surface area contributed by atoms with Gasteiger partial charge in [-0.2, -0.15) is 5.10 Å². The summed E-state index contributed by atoms with van der Waals surface area (Å²) in [5.74, 6) is 0.371. The van der Waals surface area contributed by atoms with E-state index in [2.05, 4.69) is 26.3 Å². The summed E-state index contributed by atoms with van der Waals surface area (Å²) < 4.78 is 7.98. The summed E-state index contributed by atoms with van der Waals surface area (Å²) >= 11 is 3.43. The first-order valence-corrected chi connectivity index (χ1v) is 9.97. The molecule has 1 amide bonds. The Balaban J connectivity index is 2.38. The van der Waals surface area contributed by atoms with Gasteiger partial charge in [0, 0.05) is 16.0 Å². The Kier molecular flexibility index (Phi) is 6.17. The van der Waals surface area contributed by atoms with Crippen LogP contribution in [0.1, 0.15) is 19.5 Å². The Morgan fingerprint density at radius 1 is 1.14 bits per heavy atom. The van der Waals surface area contributed by atoms with Crippen LogP contribution in [0.5, 0.6) is 5.75 Å². The average molecular weight is 456 g/mol.